The standard InChI is InChI=1S/C14H18N2/c1-11-5-3-4-6-13(11)14-8-7-12(9-10-15)16(14)2/h3-8H,9-10,15H2,1-2H3. The highest BCUT2D eigenvalue weighted by molar-refractivity contribution is 5.64. The lowest BCUT2D eigenvalue weighted by Crippen LogP contribution is -2.07. The summed E-state index contributed by atoms with van der Waals surface area (Å²) in [4.78, 5) is 0. The van der Waals surface area contributed by atoms with E-state index in [1.54, 1.807) is 0 Å². The van der Waals surface area contributed by atoms with Gasteiger partial charge in [0.15, 0.2) is 0 Å². The van der Waals surface area contributed by atoms with Crippen LogP contribution in [0.4, 0.5) is 0 Å². The summed E-state index contributed by atoms with van der Waals surface area (Å²) in [5.74, 6) is 0. The first-order valence-corrected chi connectivity index (χ1v) is 5.64. The molecule has 0 atom stereocenters. The number of nitrogens with zero attached hydrogens (tertiary/aromatic N) is 1. The second-order valence-electron chi connectivity index (χ2n) is 4.12. The monoisotopic (exact) mass is 214 g/mol. The summed E-state index contributed by atoms with van der Waals surface area (Å²) in [7, 11) is 2.10. The van der Waals surface area contributed by atoms with Gasteiger partial charge in [-0.2, -0.15) is 0 Å². The Kier molecular flexibility index (Phi) is 3.11. The van der Waals surface area contributed by atoms with Crippen LogP contribution in [0.3, 0.4) is 0 Å². The van der Waals surface area contributed by atoms with Crippen LogP contribution in [-0.4, -0.2) is 11.1 Å². The Labute approximate surface area is 96.7 Å². The average Bonchev–Trinajstić information content (AvgIpc) is 2.62. The van der Waals surface area contributed by atoms with Gasteiger partial charge in [0.05, 0.1) is 0 Å². The molecule has 1 heterocycles. The second-order valence-corrected chi connectivity index (χ2v) is 4.12. The Morgan fingerprint density at radius 2 is 1.88 bits per heavy atom. The highest BCUT2D eigenvalue weighted by atomic mass is 15.0. The van der Waals surface area contributed by atoms with Crippen LogP contribution in [0.5, 0.6) is 0 Å². The minimum Gasteiger partial charge on any atom is -0.348 e. The van der Waals surface area contributed by atoms with E-state index in [0.717, 1.165) is 6.42 Å². The lowest BCUT2D eigenvalue weighted by atomic mass is 10.1. The van der Waals surface area contributed by atoms with E-state index in [1.807, 2.05) is 0 Å². The summed E-state index contributed by atoms with van der Waals surface area (Å²) < 4.78 is 2.23. The van der Waals surface area contributed by atoms with Crippen LogP contribution >= 0.6 is 0 Å². The molecule has 0 aliphatic heterocycles. The van der Waals surface area contributed by atoms with Gasteiger partial charge in [-0.1, -0.05) is 24.3 Å². The van der Waals surface area contributed by atoms with Crippen molar-refractivity contribution in [2.75, 3.05) is 6.54 Å². The number of rotatable bonds is 3. The van der Waals surface area contributed by atoms with Crippen molar-refractivity contribution >= 4 is 0 Å². The molecule has 1 aromatic carbocycles. The number of benzene rings is 1. The van der Waals surface area contributed by atoms with Crippen LogP contribution in [0.1, 0.15) is 11.3 Å². The number of aryl methyl sites for hydroxylation is 1. The molecule has 2 nitrogen and oxygen atoms in total. The molecule has 2 aromatic rings. The van der Waals surface area contributed by atoms with E-state index >= 15 is 0 Å². The lowest BCUT2D eigenvalue weighted by Gasteiger charge is -2.09. The molecule has 0 saturated heterocycles. The van der Waals surface area contributed by atoms with Gasteiger partial charge in [-0.25, -0.2) is 0 Å². The quantitative estimate of drug-likeness (QED) is 0.836. The first-order chi connectivity index (χ1) is 7.74. The lowest BCUT2D eigenvalue weighted by molar-refractivity contribution is 0.812. The third kappa shape index (κ3) is 1.89. The summed E-state index contributed by atoms with van der Waals surface area (Å²) in [6.45, 7) is 2.84. The van der Waals surface area contributed by atoms with Crippen LogP contribution in [0, 0.1) is 6.92 Å². The van der Waals surface area contributed by atoms with Crippen LogP contribution in [-0.2, 0) is 13.5 Å². The minimum atomic E-state index is 0.699. The Balaban J connectivity index is 2.45. The summed E-state index contributed by atoms with van der Waals surface area (Å²) in [5.41, 5.74) is 10.8. The Morgan fingerprint density at radius 3 is 2.56 bits per heavy atom. The molecule has 0 bridgehead atoms. The number of aromatic nitrogens is 1. The van der Waals surface area contributed by atoms with Gasteiger partial charge in [-0.15, -0.1) is 0 Å². The van der Waals surface area contributed by atoms with E-state index in [2.05, 4.69) is 54.9 Å². The fourth-order valence-electron chi connectivity index (χ4n) is 2.08. The molecule has 0 unspecified atom stereocenters. The highest BCUT2D eigenvalue weighted by Gasteiger charge is 2.07. The third-order valence-corrected chi connectivity index (χ3v) is 3.05. The molecule has 0 aliphatic rings. The maximum absolute atomic E-state index is 5.59. The fraction of sp³-hybridized carbons (Fsp3) is 0.286. The fourth-order valence-corrected chi connectivity index (χ4v) is 2.08. The Hall–Kier alpha value is -1.54. The Morgan fingerprint density at radius 1 is 1.12 bits per heavy atom. The van der Waals surface area contributed by atoms with Crippen molar-refractivity contribution in [2.45, 2.75) is 13.3 Å². The third-order valence-electron chi connectivity index (χ3n) is 3.05. The number of nitrogens with two attached hydrogens (primary N) is 1. The summed E-state index contributed by atoms with van der Waals surface area (Å²) in [6, 6.07) is 12.8. The number of hydrogen-bond donors (Lipinski definition) is 1. The van der Waals surface area contributed by atoms with Gasteiger partial charge in [0, 0.05) is 24.0 Å². The maximum atomic E-state index is 5.59. The molecule has 0 fully saturated rings. The molecule has 0 spiro atoms. The van der Waals surface area contributed by atoms with Gasteiger partial charge in [-0.05, 0) is 37.6 Å². The topological polar surface area (TPSA) is 30.9 Å². The first kappa shape index (κ1) is 11.0. The smallest absolute Gasteiger partial charge is 0.0482 e. The van der Waals surface area contributed by atoms with Crippen LogP contribution < -0.4 is 5.73 Å². The van der Waals surface area contributed by atoms with Gasteiger partial charge in [-0.3, -0.25) is 0 Å². The highest BCUT2D eigenvalue weighted by Crippen LogP contribution is 2.24. The Bertz CT molecular complexity index is 483. The van der Waals surface area contributed by atoms with Gasteiger partial charge >= 0.3 is 0 Å². The zero-order valence-corrected chi connectivity index (χ0v) is 9.90. The molecule has 1 aromatic heterocycles. The maximum Gasteiger partial charge on any atom is 0.0482 e. The molecular formula is C14H18N2. The molecule has 0 amide bonds. The summed E-state index contributed by atoms with van der Waals surface area (Å²) >= 11 is 0. The van der Waals surface area contributed by atoms with E-state index in [4.69, 9.17) is 5.73 Å². The van der Waals surface area contributed by atoms with E-state index in [0.29, 0.717) is 6.54 Å². The SMILES string of the molecule is Cc1ccccc1-c1ccc(CCN)n1C. The molecule has 16 heavy (non-hydrogen) atoms. The minimum absolute atomic E-state index is 0.699. The van der Waals surface area contributed by atoms with Crippen molar-refractivity contribution in [3.05, 3.63) is 47.7 Å². The summed E-state index contributed by atoms with van der Waals surface area (Å²) in [6.07, 6.45) is 0.933. The van der Waals surface area contributed by atoms with Crippen molar-refractivity contribution in [1.29, 1.82) is 0 Å². The molecule has 0 saturated carbocycles. The van der Waals surface area contributed by atoms with Crippen molar-refractivity contribution < 1.29 is 0 Å². The van der Waals surface area contributed by atoms with Gasteiger partial charge < -0.3 is 10.3 Å². The normalized spacial score (nSPS) is 10.7. The molecule has 2 rings (SSSR count). The second kappa shape index (κ2) is 4.54. The van der Waals surface area contributed by atoms with E-state index < -0.39 is 0 Å². The van der Waals surface area contributed by atoms with Crippen molar-refractivity contribution in [2.24, 2.45) is 12.8 Å². The van der Waals surface area contributed by atoms with Crippen LogP contribution in [0.2, 0.25) is 0 Å². The molecule has 2 heteroatoms. The predicted molar refractivity (Wildman–Crippen MR) is 68.3 cm³/mol. The van der Waals surface area contributed by atoms with Crippen LogP contribution in [0.15, 0.2) is 36.4 Å². The average molecular weight is 214 g/mol. The molecule has 2 N–H and O–H groups in total. The molecule has 0 radical (unpaired) electrons. The summed E-state index contributed by atoms with van der Waals surface area (Å²) in [5, 5.41) is 0. The zero-order valence-electron chi connectivity index (χ0n) is 9.90. The van der Waals surface area contributed by atoms with Crippen molar-refractivity contribution in [1.82, 2.24) is 4.57 Å². The van der Waals surface area contributed by atoms with Crippen molar-refractivity contribution in [3.8, 4) is 11.3 Å². The van der Waals surface area contributed by atoms with Gasteiger partial charge in [0.1, 0.15) is 0 Å². The molecule has 84 valence electrons. The van der Waals surface area contributed by atoms with E-state index in [9.17, 15) is 0 Å². The van der Waals surface area contributed by atoms with E-state index in [1.165, 1.54) is 22.5 Å². The van der Waals surface area contributed by atoms with E-state index in [-0.39, 0.29) is 0 Å². The van der Waals surface area contributed by atoms with Gasteiger partial charge in [0.25, 0.3) is 0 Å². The molecular weight excluding hydrogens is 196 g/mol. The van der Waals surface area contributed by atoms with Crippen molar-refractivity contribution in [3.63, 3.8) is 0 Å². The number of hydrogen-bond acceptors (Lipinski definition) is 1. The largest absolute Gasteiger partial charge is 0.348 e. The first-order valence-electron chi connectivity index (χ1n) is 5.64. The zero-order chi connectivity index (χ0) is 11.5. The molecule has 0 aliphatic carbocycles. The predicted octanol–water partition coefficient (Wildman–Crippen LogP) is 2.50. The van der Waals surface area contributed by atoms with Gasteiger partial charge in [0.2, 0.25) is 0 Å². The van der Waals surface area contributed by atoms with Crippen LogP contribution in [0.25, 0.3) is 11.3 Å².